The number of aromatic hydroxyl groups is 1. The first-order valence-corrected chi connectivity index (χ1v) is 8.50. The van der Waals surface area contributed by atoms with Crippen LogP contribution in [0.5, 0.6) is 5.75 Å². The van der Waals surface area contributed by atoms with Crippen LogP contribution in [0.15, 0.2) is 12.3 Å². The van der Waals surface area contributed by atoms with Crippen LogP contribution in [0.25, 0.3) is 11.4 Å². The second-order valence-electron chi connectivity index (χ2n) is 6.56. The molecule has 1 fully saturated rings. The molecule has 1 aliphatic rings. The molecular weight excluding hydrogens is 336 g/mol. The summed E-state index contributed by atoms with van der Waals surface area (Å²) in [5.41, 5.74) is 2.24. The number of carboxylic acids is 1. The van der Waals surface area contributed by atoms with Gasteiger partial charge in [0.2, 0.25) is 5.95 Å². The maximum atomic E-state index is 10.9. The van der Waals surface area contributed by atoms with Crippen molar-refractivity contribution in [1.29, 1.82) is 0 Å². The quantitative estimate of drug-likeness (QED) is 0.723. The fourth-order valence-electron chi connectivity index (χ4n) is 3.11. The van der Waals surface area contributed by atoms with Crippen LogP contribution < -0.4 is 5.32 Å². The van der Waals surface area contributed by atoms with Gasteiger partial charge in [0.1, 0.15) is 17.1 Å². The number of carboxylic acid groups (broad SMARTS) is 1. The molecule has 0 amide bonds. The van der Waals surface area contributed by atoms with Gasteiger partial charge in [0.05, 0.1) is 12.2 Å². The highest BCUT2D eigenvalue weighted by Crippen LogP contribution is 2.27. The third kappa shape index (κ3) is 4.23. The molecule has 1 saturated heterocycles. The smallest absolute Gasteiger partial charge is 0.317 e. The summed E-state index contributed by atoms with van der Waals surface area (Å²) in [7, 11) is 0. The van der Waals surface area contributed by atoms with Gasteiger partial charge in [-0.2, -0.15) is 0 Å². The number of rotatable bonds is 5. The average molecular weight is 358 g/mol. The van der Waals surface area contributed by atoms with E-state index in [0.717, 1.165) is 24.9 Å². The summed E-state index contributed by atoms with van der Waals surface area (Å²) in [6, 6.07) is 1.69. The van der Waals surface area contributed by atoms with Crippen LogP contribution in [0.1, 0.15) is 24.1 Å². The topological polar surface area (TPSA) is 124 Å². The molecule has 0 aromatic carbocycles. The predicted octanol–water partition coefficient (Wildman–Crippen LogP) is 1.22. The van der Waals surface area contributed by atoms with Crippen LogP contribution in [-0.2, 0) is 4.79 Å². The number of aryl methyl sites for hydroxylation is 2. The molecule has 1 aliphatic heterocycles. The lowest BCUT2D eigenvalue weighted by Gasteiger charge is -2.31. The minimum Gasteiger partial charge on any atom is -0.506 e. The van der Waals surface area contributed by atoms with Crippen molar-refractivity contribution >= 4 is 11.9 Å². The molecule has 0 spiro atoms. The number of hydrogen-bond acceptors (Lipinski definition) is 8. The first-order chi connectivity index (χ1) is 12.4. The normalized spacial score (nSPS) is 17.8. The van der Waals surface area contributed by atoms with Gasteiger partial charge in [-0.25, -0.2) is 4.98 Å². The number of hydrogen-bond donors (Lipinski definition) is 3. The van der Waals surface area contributed by atoms with Gasteiger partial charge in [-0.15, -0.1) is 10.2 Å². The Hall–Kier alpha value is -2.81. The summed E-state index contributed by atoms with van der Waals surface area (Å²) in [6.45, 7) is 5.07. The van der Waals surface area contributed by atoms with Crippen molar-refractivity contribution in [1.82, 2.24) is 25.1 Å². The van der Waals surface area contributed by atoms with E-state index < -0.39 is 5.97 Å². The number of likely N-dealkylation sites (tertiary alicyclic amines) is 1. The van der Waals surface area contributed by atoms with Gasteiger partial charge in [-0.3, -0.25) is 14.7 Å². The van der Waals surface area contributed by atoms with Crippen molar-refractivity contribution in [2.45, 2.75) is 32.7 Å². The summed E-state index contributed by atoms with van der Waals surface area (Å²) in [4.78, 5) is 21.4. The molecule has 26 heavy (non-hydrogen) atoms. The summed E-state index contributed by atoms with van der Waals surface area (Å²) in [6.07, 6.45) is 3.48. The fraction of sp³-hybridized carbons (Fsp3) is 0.471. The zero-order valence-corrected chi connectivity index (χ0v) is 14.8. The lowest BCUT2D eigenvalue weighted by Crippen LogP contribution is -2.44. The molecule has 2 aromatic heterocycles. The molecule has 0 bridgehead atoms. The lowest BCUT2D eigenvalue weighted by molar-refractivity contribution is -0.138. The van der Waals surface area contributed by atoms with Gasteiger partial charge in [0.25, 0.3) is 0 Å². The van der Waals surface area contributed by atoms with Gasteiger partial charge >= 0.3 is 5.97 Å². The van der Waals surface area contributed by atoms with Crippen molar-refractivity contribution < 1.29 is 15.0 Å². The molecule has 1 unspecified atom stereocenters. The number of pyridine rings is 1. The fourth-order valence-corrected chi connectivity index (χ4v) is 3.11. The summed E-state index contributed by atoms with van der Waals surface area (Å²) in [5.74, 6) is -0.393. The maximum absolute atomic E-state index is 10.9. The number of carbonyl (C=O) groups is 1. The molecular formula is C17H22N6O3. The molecule has 9 nitrogen and oxygen atoms in total. The van der Waals surface area contributed by atoms with Gasteiger partial charge in [-0.1, -0.05) is 0 Å². The second kappa shape index (κ2) is 7.61. The minimum atomic E-state index is -0.825. The summed E-state index contributed by atoms with van der Waals surface area (Å²) < 4.78 is 0. The van der Waals surface area contributed by atoms with Crippen LogP contribution in [-0.4, -0.2) is 66.9 Å². The van der Waals surface area contributed by atoms with Gasteiger partial charge < -0.3 is 15.5 Å². The van der Waals surface area contributed by atoms with E-state index in [4.69, 9.17) is 5.11 Å². The Kier molecular flexibility index (Phi) is 5.27. The molecule has 0 saturated carbocycles. The van der Waals surface area contributed by atoms with Gasteiger partial charge in [-0.05, 0) is 44.9 Å². The number of piperidine rings is 1. The number of nitrogens with one attached hydrogen (secondary N) is 1. The number of anilines is 1. The molecule has 3 heterocycles. The highest BCUT2D eigenvalue weighted by Gasteiger charge is 2.22. The molecule has 9 heteroatoms. The molecule has 3 N–H and O–H groups in total. The zero-order valence-electron chi connectivity index (χ0n) is 14.8. The van der Waals surface area contributed by atoms with Crippen molar-refractivity contribution in [3.05, 3.63) is 23.5 Å². The third-order valence-corrected chi connectivity index (χ3v) is 4.29. The van der Waals surface area contributed by atoms with Crippen molar-refractivity contribution in [2.24, 2.45) is 0 Å². The Morgan fingerprint density at radius 3 is 2.85 bits per heavy atom. The van der Waals surface area contributed by atoms with Gasteiger partial charge in [0, 0.05) is 18.8 Å². The van der Waals surface area contributed by atoms with Crippen LogP contribution >= 0.6 is 0 Å². The van der Waals surface area contributed by atoms with E-state index in [1.54, 1.807) is 19.2 Å². The van der Waals surface area contributed by atoms with E-state index >= 15 is 0 Å². The summed E-state index contributed by atoms with van der Waals surface area (Å²) in [5, 5.41) is 30.5. The van der Waals surface area contributed by atoms with E-state index in [9.17, 15) is 9.90 Å². The van der Waals surface area contributed by atoms with E-state index in [0.29, 0.717) is 29.6 Å². The monoisotopic (exact) mass is 358 g/mol. The van der Waals surface area contributed by atoms with Gasteiger partial charge in [0.15, 0.2) is 0 Å². The zero-order chi connectivity index (χ0) is 18.7. The number of aromatic nitrogens is 4. The van der Waals surface area contributed by atoms with E-state index in [2.05, 4.69) is 25.5 Å². The van der Waals surface area contributed by atoms with Crippen molar-refractivity contribution in [2.75, 3.05) is 25.0 Å². The molecule has 2 aromatic rings. The molecule has 138 valence electrons. The second-order valence-corrected chi connectivity index (χ2v) is 6.56. The number of aliphatic carboxylic acids is 1. The van der Waals surface area contributed by atoms with Crippen molar-refractivity contribution in [3.8, 4) is 17.1 Å². The van der Waals surface area contributed by atoms with Crippen LogP contribution in [0, 0.1) is 13.8 Å². The largest absolute Gasteiger partial charge is 0.506 e. The standard InChI is InChI=1S/C17H22N6O3/c1-10-6-13(24)16(18-7-10)15-11(2)19-17(22-21-15)20-12-4-3-5-23(8-12)9-14(25)26/h6-7,12,24H,3-5,8-9H2,1-2H3,(H,25,26)(H,19,20,22). The first kappa shape index (κ1) is 18.0. The molecule has 3 rings (SSSR count). The molecule has 0 aliphatic carbocycles. The minimum absolute atomic E-state index is 0.0353. The maximum Gasteiger partial charge on any atom is 0.317 e. The Bertz CT molecular complexity index is 813. The average Bonchev–Trinajstić information content (AvgIpc) is 2.56. The first-order valence-electron chi connectivity index (χ1n) is 8.50. The van der Waals surface area contributed by atoms with Crippen LogP contribution in [0.2, 0.25) is 0 Å². The van der Waals surface area contributed by atoms with E-state index in [-0.39, 0.29) is 18.3 Å². The Morgan fingerprint density at radius 2 is 2.15 bits per heavy atom. The number of nitrogens with zero attached hydrogens (tertiary/aromatic N) is 5. The van der Waals surface area contributed by atoms with Crippen molar-refractivity contribution in [3.63, 3.8) is 0 Å². The molecule has 0 radical (unpaired) electrons. The van der Waals surface area contributed by atoms with E-state index in [1.807, 2.05) is 11.8 Å². The van der Waals surface area contributed by atoms with Crippen LogP contribution in [0.4, 0.5) is 5.95 Å². The Labute approximate surface area is 151 Å². The van der Waals surface area contributed by atoms with E-state index in [1.165, 1.54) is 0 Å². The predicted molar refractivity (Wildman–Crippen MR) is 94.9 cm³/mol. The summed E-state index contributed by atoms with van der Waals surface area (Å²) >= 11 is 0. The highest BCUT2D eigenvalue weighted by molar-refractivity contribution is 5.69. The molecule has 1 atom stereocenters. The SMILES string of the molecule is Cc1cnc(-c2nnc(NC3CCCN(CC(=O)O)C3)nc2C)c(O)c1. The highest BCUT2D eigenvalue weighted by atomic mass is 16.4. The Balaban J connectivity index is 1.72. The lowest BCUT2D eigenvalue weighted by atomic mass is 10.1. The third-order valence-electron chi connectivity index (χ3n) is 4.29. The van der Waals surface area contributed by atoms with Crippen LogP contribution in [0.3, 0.4) is 0 Å². The Morgan fingerprint density at radius 1 is 1.35 bits per heavy atom.